The first-order valence-corrected chi connectivity index (χ1v) is 5.65. The number of ether oxygens (including phenoxy) is 1. The summed E-state index contributed by atoms with van der Waals surface area (Å²) in [5.41, 5.74) is 2.03. The minimum atomic E-state index is 0.645. The monoisotopic (exact) mass is 217 g/mol. The van der Waals surface area contributed by atoms with Crippen LogP contribution in [0.3, 0.4) is 0 Å². The van der Waals surface area contributed by atoms with Crippen molar-refractivity contribution in [2.75, 3.05) is 19.7 Å². The van der Waals surface area contributed by atoms with Gasteiger partial charge in [0, 0.05) is 24.4 Å². The molecule has 16 heavy (non-hydrogen) atoms. The fourth-order valence-corrected chi connectivity index (χ4v) is 1.95. The van der Waals surface area contributed by atoms with Crippen LogP contribution < -0.4 is 10.1 Å². The lowest BCUT2D eigenvalue weighted by Gasteiger charge is -2.26. The number of hydrogen-bond acceptors (Lipinski definition) is 3. The van der Waals surface area contributed by atoms with Crippen molar-refractivity contribution in [1.82, 2.24) is 5.32 Å². The zero-order valence-electron chi connectivity index (χ0n) is 9.32. The van der Waals surface area contributed by atoms with Crippen LogP contribution in [0.25, 0.3) is 11.0 Å². The second kappa shape index (κ2) is 3.83. The van der Waals surface area contributed by atoms with Crippen molar-refractivity contribution in [3.05, 3.63) is 30.0 Å². The van der Waals surface area contributed by atoms with Crippen molar-refractivity contribution in [3.63, 3.8) is 0 Å². The number of nitrogens with one attached hydrogen (secondary N) is 1. The first-order chi connectivity index (χ1) is 7.84. The minimum Gasteiger partial charge on any atom is -0.489 e. The average molecular weight is 217 g/mol. The lowest BCUT2D eigenvalue weighted by Crippen LogP contribution is -2.45. The molecule has 0 bridgehead atoms. The Kier molecular flexibility index (Phi) is 2.33. The molecular weight excluding hydrogens is 202 g/mol. The molecular formula is C13H15NO2. The predicted octanol–water partition coefficient (Wildman–Crippen LogP) is 2.34. The van der Waals surface area contributed by atoms with Gasteiger partial charge in [-0.15, -0.1) is 0 Å². The number of furan rings is 1. The van der Waals surface area contributed by atoms with Crippen LogP contribution in [-0.4, -0.2) is 19.7 Å². The second-order valence-corrected chi connectivity index (χ2v) is 4.39. The summed E-state index contributed by atoms with van der Waals surface area (Å²) >= 11 is 0. The van der Waals surface area contributed by atoms with Gasteiger partial charge in [-0.25, -0.2) is 0 Å². The highest BCUT2D eigenvalue weighted by Crippen LogP contribution is 2.29. The number of rotatable bonds is 3. The maximum atomic E-state index is 5.80. The molecule has 1 N–H and O–H groups in total. The molecule has 1 saturated heterocycles. The third-order valence-corrected chi connectivity index (χ3v) is 3.10. The molecule has 1 aromatic carbocycles. The summed E-state index contributed by atoms with van der Waals surface area (Å²) < 4.78 is 11.3. The number of fused-ring (bicyclic) bond motifs is 1. The van der Waals surface area contributed by atoms with E-state index in [2.05, 4.69) is 11.4 Å². The molecule has 0 radical (unpaired) electrons. The van der Waals surface area contributed by atoms with E-state index in [1.165, 1.54) is 0 Å². The van der Waals surface area contributed by atoms with E-state index in [1.54, 1.807) is 6.26 Å². The van der Waals surface area contributed by atoms with Crippen molar-refractivity contribution in [2.24, 2.45) is 5.92 Å². The molecule has 2 heterocycles. The first-order valence-electron chi connectivity index (χ1n) is 5.65. The van der Waals surface area contributed by atoms with E-state index in [4.69, 9.17) is 9.15 Å². The van der Waals surface area contributed by atoms with Gasteiger partial charge in [0.25, 0.3) is 0 Å². The van der Waals surface area contributed by atoms with Gasteiger partial charge in [0.05, 0.1) is 12.9 Å². The van der Waals surface area contributed by atoms with E-state index in [-0.39, 0.29) is 0 Å². The molecule has 3 rings (SSSR count). The number of para-hydroxylation sites is 1. The van der Waals surface area contributed by atoms with Crippen LogP contribution in [0.4, 0.5) is 0 Å². The average Bonchev–Trinajstić information content (AvgIpc) is 2.60. The molecule has 1 aliphatic heterocycles. The van der Waals surface area contributed by atoms with Crippen LogP contribution in [0.15, 0.2) is 28.9 Å². The van der Waals surface area contributed by atoms with E-state index in [1.807, 2.05) is 19.1 Å². The maximum Gasteiger partial charge on any atom is 0.175 e. The van der Waals surface area contributed by atoms with Crippen molar-refractivity contribution in [1.29, 1.82) is 0 Å². The Morgan fingerprint density at radius 1 is 1.44 bits per heavy atom. The van der Waals surface area contributed by atoms with Crippen molar-refractivity contribution in [2.45, 2.75) is 6.92 Å². The Morgan fingerprint density at radius 2 is 2.31 bits per heavy atom. The molecule has 0 saturated carbocycles. The summed E-state index contributed by atoms with van der Waals surface area (Å²) in [5, 5.41) is 4.38. The molecule has 3 nitrogen and oxygen atoms in total. The van der Waals surface area contributed by atoms with E-state index in [0.717, 1.165) is 42.0 Å². The first kappa shape index (κ1) is 9.73. The van der Waals surface area contributed by atoms with Crippen LogP contribution in [0, 0.1) is 12.8 Å². The molecule has 0 aliphatic carbocycles. The molecule has 1 fully saturated rings. The summed E-state index contributed by atoms with van der Waals surface area (Å²) in [4.78, 5) is 0. The molecule has 0 atom stereocenters. The van der Waals surface area contributed by atoms with Gasteiger partial charge >= 0.3 is 0 Å². The summed E-state index contributed by atoms with van der Waals surface area (Å²) in [5.74, 6) is 1.50. The van der Waals surface area contributed by atoms with Crippen LogP contribution in [0.1, 0.15) is 5.56 Å². The fourth-order valence-electron chi connectivity index (χ4n) is 1.95. The molecule has 0 spiro atoms. The highest BCUT2D eigenvalue weighted by molar-refractivity contribution is 5.85. The van der Waals surface area contributed by atoms with Gasteiger partial charge in [-0.2, -0.15) is 0 Å². The topological polar surface area (TPSA) is 34.4 Å². The van der Waals surface area contributed by atoms with E-state index in [9.17, 15) is 0 Å². The number of hydrogen-bond donors (Lipinski definition) is 1. The summed E-state index contributed by atoms with van der Waals surface area (Å²) in [7, 11) is 0. The Bertz CT molecular complexity index is 500. The quantitative estimate of drug-likeness (QED) is 0.857. The second-order valence-electron chi connectivity index (χ2n) is 4.39. The molecule has 3 heteroatoms. The van der Waals surface area contributed by atoms with Gasteiger partial charge in [-0.1, -0.05) is 12.1 Å². The number of aryl methyl sites for hydroxylation is 1. The molecule has 0 unspecified atom stereocenters. The van der Waals surface area contributed by atoms with Crippen molar-refractivity contribution in [3.8, 4) is 5.75 Å². The van der Waals surface area contributed by atoms with E-state index < -0.39 is 0 Å². The highest BCUT2D eigenvalue weighted by Gasteiger charge is 2.18. The van der Waals surface area contributed by atoms with Gasteiger partial charge in [0.2, 0.25) is 0 Å². The zero-order chi connectivity index (χ0) is 11.0. The third-order valence-electron chi connectivity index (χ3n) is 3.10. The van der Waals surface area contributed by atoms with E-state index in [0.29, 0.717) is 5.92 Å². The Labute approximate surface area is 94.4 Å². The van der Waals surface area contributed by atoms with Crippen LogP contribution in [0.2, 0.25) is 0 Å². The Morgan fingerprint density at radius 3 is 3.06 bits per heavy atom. The fraction of sp³-hybridized carbons (Fsp3) is 0.385. The van der Waals surface area contributed by atoms with Gasteiger partial charge in [0.1, 0.15) is 0 Å². The Hall–Kier alpha value is -1.48. The van der Waals surface area contributed by atoms with Gasteiger partial charge in [-0.3, -0.25) is 0 Å². The minimum absolute atomic E-state index is 0.645. The standard InChI is InChI=1S/C13H15NO2/c1-9-7-16-13-11(9)3-2-4-12(13)15-8-10-5-14-6-10/h2-4,7,10,14H,5-6,8H2,1H3. The van der Waals surface area contributed by atoms with Gasteiger partial charge in [0.15, 0.2) is 11.3 Å². The van der Waals surface area contributed by atoms with Gasteiger partial charge in [-0.05, 0) is 18.6 Å². The molecule has 0 amide bonds. The van der Waals surface area contributed by atoms with Crippen LogP contribution in [-0.2, 0) is 0 Å². The summed E-state index contributed by atoms with van der Waals surface area (Å²) in [6.07, 6.45) is 1.78. The van der Waals surface area contributed by atoms with Gasteiger partial charge < -0.3 is 14.5 Å². The molecule has 2 aromatic rings. The highest BCUT2D eigenvalue weighted by atomic mass is 16.5. The Balaban J connectivity index is 1.84. The summed E-state index contributed by atoms with van der Waals surface area (Å²) in [6.45, 7) is 4.94. The molecule has 1 aliphatic rings. The largest absolute Gasteiger partial charge is 0.489 e. The lowest BCUT2D eigenvalue weighted by atomic mass is 10.1. The lowest BCUT2D eigenvalue weighted by molar-refractivity contribution is 0.199. The van der Waals surface area contributed by atoms with Crippen LogP contribution >= 0.6 is 0 Å². The SMILES string of the molecule is Cc1coc2c(OCC3CNC3)cccc12. The zero-order valence-corrected chi connectivity index (χ0v) is 9.32. The molecule has 84 valence electrons. The normalized spacial score (nSPS) is 16.3. The van der Waals surface area contributed by atoms with Crippen molar-refractivity contribution < 1.29 is 9.15 Å². The third kappa shape index (κ3) is 1.57. The van der Waals surface area contributed by atoms with Crippen molar-refractivity contribution >= 4 is 11.0 Å². The summed E-state index contributed by atoms with van der Waals surface area (Å²) in [6, 6.07) is 6.04. The maximum absolute atomic E-state index is 5.80. The smallest absolute Gasteiger partial charge is 0.175 e. The molecule has 1 aromatic heterocycles. The van der Waals surface area contributed by atoms with E-state index >= 15 is 0 Å². The van der Waals surface area contributed by atoms with Crippen LogP contribution in [0.5, 0.6) is 5.75 Å². The number of benzene rings is 1. The predicted molar refractivity (Wildman–Crippen MR) is 62.8 cm³/mol.